The van der Waals surface area contributed by atoms with Crippen LogP contribution in [0.15, 0.2) is 55.0 Å². The summed E-state index contributed by atoms with van der Waals surface area (Å²) in [5.74, 6) is -0.631. The number of nitrogens with zero attached hydrogens (tertiary/aromatic N) is 3. The third-order valence-corrected chi connectivity index (χ3v) is 4.21. The molecule has 2 heterocycles. The highest BCUT2D eigenvalue weighted by atomic mass is 19.4. The molecule has 0 saturated carbocycles. The monoisotopic (exact) mass is 432 g/mol. The van der Waals surface area contributed by atoms with Gasteiger partial charge in [0.05, 0.1) is 37.1 Å². The molecule has 0 unspecified atom stereocenters. The number of aromatic nitrogens is 3. The van der Waals surface area contributed by atoms with Crippen LogP contribution in [0.1, 0.15) is 32.6 Å². The minimum atomic E-state index is -4.49. The summed E-state index contributed by atoms with van der Waals surface area (Å²) in [5, 5.41) is 2.47. The van der Waals surface area contributed by atoms with Gasteiger partial charge in [0.25, 0.3) is 0 Å². The van der Waals surface area contributed by atoms with Crippen molar-refractivity contribution in [1.82, 2.24) is 20.3 Å². The zero-order valence-electron chi connectivity index (χ0n) is 18.6. The summed E-state index contributed by atoms with van der Waals surface area (Å²) < 4.78 is 57.5. The molecule has 2 aromatic heterocycles. The van der Waals surface area contributed by atoms with Gasteiger partial charge in [0.1, 0.15) is 5.75 Å². The molecule has 3 aromatic rings. The van der Waals surface area contributed by atoms with E-state index in [-0.39, 0.29) is 17.9 Å². The SMILES string of the molecule is [2H]C[C@@]([2H])(NC(=O)Cc1ccc(-c2nccnc2C)cc1)c1ccc(OCC(F)(F)F)cn1. The van der Waals surface area contributed by atoms with Crippen molar-refractivity contribution >= 4 is 5.91 Å². The van der Waals surface area contributed by atoms with Crippen molar-refractivity contribution in [2.75, 3.05) is 6.61 Å². The van der Waals surface area contributed by atoms with Gasteiger partial charge < -0.3 is 10.1 Å². The number of rotatable bonds is 7. The van der Waals surface area contributed by atoms with Crippen molar-refractivity contribution in [3.05, 3.63) is 71.9 Å². The first-order chi connectivity index (χ1) is 15.6. The molecular formula is C22H21F3N4O2. The molecular weight excluding hydrogens is 409 g/mol. The molecule has 162 valence electrons. The molecule has 31 heavy (non-hydrogen) atoms. The first-order valence-corrected chi connectivity index (χ1v) is 9.23. The number of halogens is 3. The van der Waals surface area contributed by atoms with Crippen LogP contribution in [-0.2, 0) is 11.2 Å². The zero-order chi connectivity index (χ0) is 24.1. The molecule has 0 aliphatic carbocycles. The minimum absolute atomic E-state index is 0.0127. The Balaban J connectivity index is 1.64. The fourth-order valence-corrected chi connectivity index (χ4v) is 2.74. The van der Waals surface area contributed by atoms with E-state index in [9.17, 15) is 18.0 Å². The molecule has 0 fully saturated rings. The van der Waals surface area contributed by atoms with Crippen LogP contribution in [0, 0.1) is 6.92 Å². The quantitative estimate of drug-likeness (QED) is 0.605. The molecule has 1 amide bonds. The standard InChI is InChI=1S/C22H21F3N4O2/c1-14(19-8-7-18(12-28-19)31-13-22(23,24)25)29-20(30)11-16-3-5-17(6-4-16)21-15(2)26-9-10-27-21/h3-10,12,14H,11,13H2,1-2H3,(H,29,30)/t14-/m1/s1/i1D,14D. The molecule has 1 aromatic carbocycles. The fraction of sp³-hybridized carbons (Fsp3) is 0.273. The Bertz CT molecular complexity index is 1100. The van der Waals surface area contributed by atoms with Gasteiger partial charge in [-0.05, 0) is 31.5 Å². The zero-order valence-corrected chi connectivity index (χ0v) is 16.6. The summed E-state index contributed by atoms with van der Waals surface area (Å²) in [5.41, 5.74) is 3.07. The van der Waals surface area contributed by atoms with E-state index in [0.29, 0.717) is 5.56 Å². The maximum Gasteiger partial charge on any atom is 0.422 e. The lowest BCUT2D eigenvalue weighted by Crippen LogP contribution is -2.28. The second-order valence-corrected chi connectivity index (χ2v) is 6.67. The first-order valence-electron chi connectivity index (χ1n) is 10.4. The lowest BCUT2D eigenvalue weighted by Gasteiger charge is -2.14. The van der Waals surface area contributed by atoms with Gasteiger partial charge in [-0.2, -0.15) is 13.2 Å². The molecule has 1 atom stereocenters. The summed E-state index contributed by atoms with van der Waals surface area (Å²) >= 11 is 0. The number of carbonyl (C=O) groups is 1. The van der Waals surface area contributed by atoms with Crippen LogP contribution in [0.25, 0.3) is 11.3 Å². The third kappa shape index (κ3) is 6.50. The van der Waals surface area contributed by atoms with E-state index < -0.39 is 31.6 Å². The van der Waals surface area contributed by atoms with Crippen LogP contribution >= 0.6 is 0 Å². The van der Waals surface area contributed by atoms with E-state index in [1.165, 1.54) is 12.1 Å². The molecule has 0 radical (unpaired) electrons. The average Bonchev–Trinajstić information content (AvgIpc) is 2.78. The summed E-state index contributed by atoms with van der Waals surface area (Å²) in [6, 6.07) is 7.77. The molecule has 1 N–H and O–H groups in total. The number of aryl methyl sites for hydroxylation is 1. The number of nitrogens with one attached hydrogen (secondary N) is 1. The fourth-order valence-electron chi connectivity index (χ4n) is 2.74. The second-order valence-electron chi connectivity index (χ2n) is 6.67. The number of amides is 1. The van der Waals surface area contributed by atoms with E-state index in [1.807, 2.05) is 19.1 Å². The lowest BCUT2D eigenvalue weighted by molar-refractivity contribution is -0.153. The molecule has 0 aliphatic heterocycles. The van der Waals surface area contributed by atoms with Crippen LogP contribution in [0.3, 0.4) is 0 Å². The van der Waals surface area contributed by atoms with Gasteiger partial charge in [-0.25, -0.2) is 0 Å². The van der Waals surface area contributed by atoms with Crippen molar-refractivity contribution in [2.24, 2.45) is 0 Å². The maximum atomic E-state index is 12.5. The Morgan fingerprint density at radius 2 is 1.90 bits per heavy atom. The number of alkyl halides is 3. The van der Waals surface area contributed by atoms with Crippen molar-refractivity contribution in [1.29, 1.82) is 0 Å². The molecule has 0 bridgehead atoms. The average molecular weight is 432 g/mol. The summed E-state index contributed by atoms with van der Waals surface area (Å²) in [6.45, 7) is -0.161. The highest BCUT2D eigenvalue weighted by Crippen LogP contribution is 2.21. The van der Waals surface area contributed by atoms with E-state index in [1.54, 1.807) is 24.5 Å². The third-order valence-electron chi connectivity index (χ3n) is 4.21. The number of carbonyl (C=O) groups excluding carboxylic acids is 1. The number of hydrogen-bond acceptors (Lipinski definition) is 5. The van der Waals surface area contributed by atoms with E-state index in [4.69, 9.17) is 2.74 Å². The van der Waals surface area contributed by atoms with Gasteiger partial charge in [-0.15, -0.1) is 0 Å². The summed E-state index contributed by atoms with van der Waals surface area (Å²) in [6.07, 6.45) is -0.290. The maximum absolute atomic E-state index is 12.5. The molecule has 0 aliphatic rings. The van der Waals surface area contributed by atoms with Crippen LogP contribution < -0.4 is 10.1 Å². The smallest absolute Gasteiger partial charge is 0.422 e. The first kappa shape index (κ1) is 19.5. The number of benzene rings is 1. The van der Waals surface area contributed by atoms with Gasteiger partial charge in [0.2, 0.25) is 5.91 Å². The molecule has 0 spiro atoms. The second kappa shape index (κ2) is 9.55. The predicted molar refractivity (Wildman–Crippen MR) is 108 cm³/mol. The Morgan fingerprint density at radius 3 is 2.52 bits per heavy atom. The topological polar surface area (TPSA) is 77.0 Å². The number of hydrogen-bond donors (Lipinski definition) is 1. The van der Waals surface area contributed by atoms with E-state index in [2.05, 4.69) is 25.0 Å². The van der Waals surface area contributed by atoms with Crippen LogP contribution in [0.2, 0.25) is 0 Å². The highest BCUT2D eigenvalue weighted by molar-refractivity contribution is 5.79. The van der Waals surface area contributed by atoms with Gasteiger partial charge in [0.15, 0.2) is 6.61 Å². The van der Waals surface area contributed by atoms with Gasteiger partial charge in [-0.1, -0.05) is 24.3 Å². The summed E-state index contributed by atoms with van der Waals surface area (Å²) in [7, 11) is 0. The Kier molecular flexibility index (Phi) is 6.00. The number of ether oxygens (including phenoxy) is 1. The largest absolute Gasteiger partial charge is 0.483 e. The van der Waals surface area contributed by atoms with Crippen LogP contribution in [0.5, 0.6) is 5.75 Å². The molecule has 0 saturated heterocycles. The Morgan fingerprint density at radius 1 is 1.16 bits per heavy atom. The molecule has 9 heteroatoms. The van der Waals surface area contributed by atoms with Gasteiger partial charge in [-0.3, -0.25) is 19.7 Å². The van der Waals surface area contributed by atoms with Crippen molar-refractivity contribution < 1.29 is 25.4 Å². The van der Waals surface area contributed by atoms with Crippen LogP contribution in [0.4, 0.5) is 13.2 Å². The minimum Gasteiger partial charge on any atom is -0.483 e. The Hall–Kier alpha value is -3.49. The van der Waals surface area contributed by atoms with E-state index >= 15 is 0 Å². The molecule has 6 nitrogen and oxygen atoms in total. The summed E-state index contributed by atoms with van der Waals surface area (Å²) in [4.78, 5) is 24.9. The lowest BCUT2D eigenvalue weighted by atomic mass is 10.1. The van der Waals surface area contributed by atoms with E-state index in [0.717, 1.165) is 23.1 Å². The normalized spacial score (nSPS) is 14.2. The van der Waals surface area contributed by atoms with Crippen molar-refractivity contribution in [3.63, 3.8) is 0 Å². The molecule has 3 rings (SSSR count). The number of pyridine rings is 1. The van der Waals surface area contributed by atoms with Gasteiger partial charge >= 0.3 is 6.18 Å². The van der Waals surface area contributed by atoms with Crippen molar-refractivity contribution in [2.45, 2.75) is 32.4 Å². The predicted octanol–water partition coefficient (Wildman–Crippen LogP) is 4.21. The van der Waals surface area contributed by atoms with Crippen LogP contribution in [-0.4, -0.2) is 33.6 Å². The van der Waals surface area contributed by atoms with Crippen molar-refractivity contribution in [3.8, 4) is 17.0 Å². The van der Waals surface area contributed by atoms with Gasteiger partial charge in [0, 0.05) is 19.3 Å². The highest BCUT2D eigenvalue weighted by Gasteiger charge is 2.28. The Labute approximate surface area is 180 Å².